The van der Waals surface area contributed by atoms with Crippen LogP contribution in [0.5, 0.6) is 0 Å². The molecular formula is C22H30O3. The molecule has 0 aromatic heterocycles. The lowest BCUT2D eigenvalue weighted by atomic mass is 9.47. The number of fused-ring (bicyclic) bond motifs is 5. The number of carboxylic acids is 1. The molecule has 4 aliphatic carbocycles. The topological polar surface area (TPSA) is 54.4 Å². The van der Waals surface area contributed by atoms with Crippen molar-refractivity contribution in [2.75, 3.05) is 0 Å². The number of carbonyl (C=O) groups is 2. The van der Waals surface area contributed by atoms with Gasteiger partial charge < -0.3 is 5.11 Å². The Balaban J connectivity index is 1.69. The third-order valence-corrected chi connectivity index (χ3v) is 8.52. The highest BCUT2D eigenvalue weighted by Crippen LogP contribution is 2.66. The molecule has 3 nitrogen and oxygen atoms in total. The maximum absolute atomic E-state index is 11.9. The molecule has 5 atom stereocenters. The Labute approximate surface area is 150 Å². The summed E-state index contributed by atoms with van der Waals surface area (Å²) in [5, 5.41) is 9.50. The molecule has 4 rings (SSSR count). The lowest BCUT2D eigenvalue weighted by Crippen LogP contribution is -2.49. The van der Waals surface area contributed by atoms with Gasteiger partial charge in [0.15, 0.2) is 5.78 Å². The second-order valence-electron chi connectivity index (χ2n) is 9.37. The second kappa shape index (κ2) is 5.56. The molecule has 136 valence electrons. The van der Waals surface area contributed by atoms with Gasteiger partial charge in [0.05, 0.1) is 0 Å². The van der Waals surface area contributed by atoms with Crippen LogP contribution in [-0.4, -0.2) is 16.9 Å². The Kier molecular flexibility index (Phi) is 3.79. The van der Waals surface area contributed by atoms with E-state index in [1.165, 1.54) is 24.0 Å². The molecule has 0 spiro atoms. The number of aliphatic carboxylic acids is 1. The summed E-state index contributed by atoms with van der Waals surface area (Å²) in [7, 11) is 0. The third-order valence-electron chi connectivity index (χ3n) is 8.52. The van der Waals surface area contributed by atoms with E-state index in [0.717, 1.165) is 32.1 Å². The first-order valence-corrected chi connectivity index (χ1v) is 9.95. The summed E-state index contributed by atoms with van der Waals surface area (Å²) in [6.45, 7) is 6.53. The van der Waals surface area contributed by atoms with E-state index in [1.807, 2.05) is 6.08 Å². The monoisotopic (exact) mass is 342 g/mol. The minimum atomic E-state index is -0.745. The third kappa shape index (κ3) is 2.30. The molecule has 0 heterocycles. The minimum Gasteiger partial charge on any atom is -0.478 e. The number of hydrogen-bond acceptors (Lipinski definition) is 2. The van der Waals surface area contributed by atoms with Gasteiger partial charge in [-0.2, -0.15) is 0 Å². The van der Waals surface area contributed by atoms with E-state index in [0.29, 0.717) is 35.5 Å². The average Bonchev–Trinajstić information content (AvgIpc) is 2.92. The van der Waals surface area contributed by atoms with Crippen LogP contribution < -0.4 is 0 Å². The van der Waals surface area contributed by atoms with Crippen LogP contribution in [0.4, 0.5) is 0 Å². The van der Waals surface area contributed by atoms with Gasteiger partial charge in [0.2, 0.25) is 0 Å². The van der Waals surface area contributed by atoms with Crippen molar-refractivity contribution >= 4 is 11.8 Å². The van der Waals surface area contributed by atoms with Crippen molar-refractivity contribution in [1.82, 2.24) is 0 Å². The molecule has 0 amide bonds. The number of allylic oxidation sites excluding steroid dienone is 2. The average molecular weight is 342 g/mol. The van der Waals surface area contributed by atoms with Crippen LogP contribution in [-0.2, 0) is 9.59 Å². The molecule has 0 bridgehead atoms. The molecule has 0 aliphatic heterocycles. The van der Waals surface area contributed by atoms with Crippen molar-refractivity contribution in [1.29, 1.82) is 0 Å². The van der Waals surface area contributed by atoms with Gasteiger partial charge in [-0.3, -0.25) is 4.79 Å². The normalized spacial score (nSPS) is 45.2. The second-order valence-corrected chi connectivity index (χ2v) is 9.37. The standard InChI is InChI=1S/C22H30O3/c1-13(20(24)25)17-6-7-18-16-5-4-14-12-15(23)8-10-21(14,2)19(16)9-11-22(17,18)3/h12,16,18-19H,4-11H2,1-3H3,(H,24,25)/b17-13+/t16-,18-,19-,21-,22+/m0/s1. The first-order chi connectivity index (χ1) is 11.8. The highest BCUT2D eigenvalue weighted by molar-refractivity contribution is 5.91. The zero-order valence-corrected chi connectivity index (χ0v) is 15.7. The molecule has 0 unspecified atom stereocenters. The summed E-state index contributed by atoms with van der Waals surface area (Å²) in [6, 6.07) is 0. The summed E-state index contributed by atoms with van der Waals surface area (Å²) in [4.78, 5) is 23.5. The Hall–Kier alpha value is -1.38. The van der Waals surface area contributed by atoms with Crippen LogP contribution in [0.1, 0.15) is 72.1 Å². The largest absolute Gasteiger partial charge is 0.478 e. The van der Waals surface area contributed by atoms with Gasteiger partial charge in [-0.1, -0.05) is 25.0 Å². The fourth-order valence-corrected chi connectivity index (χ4v) is 7.12. The maximum atomic E-state index is 11.9. The van der Waals surface area contributed by atoms with Gasteiger partial charge in [-0.15, -0.1) is 0 Å². The lowest BCUT2D eigenvalue weighted by Gasteiger charge is -2.57. The minimum absolute atomic E-state index is 0.0751. The molecule has 0 saturated heterocycles. The van der Waals surface area contributed by atoms with Crippen LogP contribution >= 0.6 is 0 Å². The summed E-state index contributed by atoms with van der Waals surface area (Å²) in [6.07, 6.45) is 10.3. The van der Waals surface area contributed by atoms with Crippen LogP contribution in [0.15, 0.2) is 22.8 Å². The van der Waals surface area contributed by atoms with Crippen LogP contribution in [0.2, 0.25) is 0 Å². The van der Waals surface area contributed by atoms with E-state index in [-0.39, 0.29) is 10.8 Å². The SMILES string of the molecule is C/C(C(=O)O)=C1/CC[C@H]2[C@@H]3CCC4=CC(=O)CC[C@]4(C)[C@H]3CC[C@]12C. The molecular weight excluding hydrogens is 312 g/mol. The van der Waals surface area contributed by atoms with Gasteiger partial charge in [-0.25, -0.2) is 4.79 Å². The zero-order valence-electron chi connectivity index (χ0n) is 15.7. The first-order valence-electron chi connectivity index (χ1n) is 9.95. The summed E-state index contributed by atoms with van der Waals surface area (Å²) >= 11 is 0. The number of hydrogen-bond donors (Lipinski definition) is 1. The fraction of sp³-hybridized carbons (Fsp3) is 0.727. The summed E-state index contributed by atoms with van der Waals surface area (Å²) in [5.41, 5.74) is 3.49. The number of ketones is 1. The van der Waals surface area contributed by atoms with Crippen LogP contribution in [0.25, 0.3) is 0 Å². The van der Waals surface area contributed by atoms with Crippen molar-refractivity contribution in [3.05, 3.63) is 22.8 Å². The zero-order chi connectivity index (χ0) is 18.0. The first kappa shape index (κ1) is 17.1. The fourth-order valence-electron chi connectivity index (χ4n) is 7.12. The Morgan fingerprint density at radius 2 is 1.76 bits per heavy atom. The van der Waals surface area contributed by atoms with E-state index < -0.39 is 5.97 Å². The molecule has 0 radical (unpaired) electrons. The molecule has 3 saturated carbocycles. The predicted octanol–water partition coefficient (Wildman–Crippen LogP) is 4.92. The quantitative estimate of drug-likeness (QED) is 0.688. The number of carboxylic acid groups (broad SMARTS) is 1. The summed E-state index contributed by atoms with van der Waals surface area (Å²) in [5.74, 6) is 1.54. The van der Waals surface area contributed by atoms with Crippen molar-refractivity contribution in [3.8, 4) is 0 Å². The molecule has 1 N–H and O–H groups in total. The highest BCUT2D eigenvalue weighted by atomic mass is 16.4. The number of carbonyl (C=O) groups excluding carboxylic acids is 1. The van der Waals surface area contributed by atoms with Gasteiger partial charge in [-0.05, 0) is 86.5 Å². The van der Waals surface area contributed by atoms with Crippen molar-refractivity contribution in [3.63, 3.8) is 0 Å². The van der Waals surface area contributed by atoms with E-state index in [9.17, 15) is 14.7 Å². The van der Waals surface area contributed by atoms with Crippen molar-refractivity contribution in [2.45, 2.75) is 72.1 Å². The smallest absolute Gasteiger partial charge is 0.331 e. The van der Waals surface area contributed by atoms with E-state index in [1.54, 1.807) is 6.92 Å². The van der Waals surface area contributed by atoms with Crippen molar-refractivity contribution < 1.29 is 14.7 Å². The Morgan fingerprint density at radius 3 is 2.48 bits per heavy atom. The van der Waals surface area contributed by atoms with Gasteiger partial charge in [0.1, 0.15) is 0 Å². The van der Waals surface area contributed by atoms with Gasteiger partial charge in [0, 0.05) is 12.0 Å². The van der Waals surface area contributed by atoms with E-state index >= 15 is 0 Å². The van der Waals surface area contributed by atoms with Crippen LogP contribution in [0, 0.1) is 28.6 Å². The Morgan fingerprint density at radius 1 is 1.04 bits per heavy atom. The molecule has 3 heteroatoms. The van der Waals surface area contributed by atoms with E-state index in [4.69, 9.17) is 0 Å². The molecule has 0 aromatic carbocycles. The lowest BCUT2D eigenvalue weighted by molar-refractivity contribution is -0.132. The van der Waals surface area contributed by atoms with E-state index in [2.05, 4.69) is 13.8 Å². The maximum Gasteiger partial charge on any atom is 0.331 e. The highest BCUT2D eigenvalue weighted by Gasteiger charge is 2.57. The van der Waals surface area contributed by atoms with Gasteiger partial charge >= 0.3 is 5.97 Å². The predicted molar refractivity (Wildman–Crippen MR) is 97.0 cm³/mol. The van der Waals surface area contributed by atoms with Gasteiger partial charge in [0.25, 0.3) is 0 Å². The van der Waals surface area contributed by atoms with Crippen LogP contribution in [0.3, 0.4) is 0 Å². The molecule has 3 fully saturated rings. The summed E-state index contributed by atoms with van der Waals surface area (Å²) < 4.78 is 0. The molecule has 0 aromatic rings. The molecule has 25 heavy (non-hydrogen) atoms. The number of rotatable bonds is 1. The Bertz CT molecular complexity index is 700. The molecule has 4 aliphatic rings. The van der Waals surface area contributed by atoms with Crippen molar-refractivity contribution in [2.24, 2.45) is 28.6 Å².